The lowest BCUT2D eigenvalue weighted by atomic mass is 9.78. The second-order valence-corrected chi connectivity index (χ2v) is 6.16. The maximum absolute atomic E-state index is 12.4. The number of aromatic nitrogens is 3. The van der Waals surface area contributed by atoms with Crippen molar-refractivity contribution < 1.29 is 14.6 Å². The number of methoxy groups -OCH3 is 1. The molecule has 1 aliphatic heterocycles. The summed E-state index contributed by atoms with van der Waals surface area (Å²) in [6.07, 6.45) is 3.60. The smallest absolute Gasteiger partial charge is 0.223 e. The van der Waals surface area contributed by atoms with E-state index in [4.69, 9.17) is 4.74 Å². The van der Waals surface area contributed by atoms with Crippen LogP contribution in [0.2, 0.25) is 0 Å². The molecule has 1 unspecified atom stereocenters. The number of nitrogens with one attached hydrogen (secondary N) is 1. The fraction of sp³-hybridized carbons (Fsp3) is 0.800. The van der Waals surface area contributed by atoms with Gasteiger partial charge in [-0.1, -0.05) is 0 Å². The molecule has 7 nitrogen and oxygen atoms in total. The number of aliphatic hydroxyl groups is 1. The molecule has 1 atom stereocenters. The lowest BCUT2D eigenvalue weighted by Crippen LogP contribution is -2.48. The van der Waals surface area contributed by atoms with Gasteiger partial charge in [-0.25, -0.2) is 4.98 Å². The third kappa shape index (κ3) is 4.27. The minimum Gasteiger partial charge on any atom is -0.396 e. The Morgan fingerprint density at radius 2 is 2.36 bits per heavy atom. The van der Waals surface area contributed by atoms with Crippen molar-refractivity contribution in [3.63, 3.8) is 0 Å². The van der Waals surface area contributed by atoms with Gasteiger partial charge in [0.15, 0.2) is 5.82 Å². The topological polar surface area (TPSA) is 91.3 Å². The van der Waals surface area contributed by atoms with Crippen molar-refractivity contribution >= 4 is 5.91 Å². The first-order valence-corrected chi connectivity index (χ1v) is 7.84. The lowest BCUT2D eigenvalue weighted by molar-refractivity contribution is -0.136. The minimum atomic E-state index is -0.217. The molecule has 1 amide bonds. The Morgan fingerprint density at radius 1 is 1.55 bits per heavy atom. The summed E-state index contributed by atoms with van der Waals surface area (Å²) in [7, 11) is 1.66. The van der Waals surface area contributed by atoms with Gasteiger partial charge in [-0.15, -0.1) is 0 Å². The summed E-state index contributed by atoms with van der Waals surface area (Å²) in [6.45, 7) is 3.92. The van der Waals surface area contributed by atoms with Gasteiger partial charge in [0.1, 0.15) is 5.82 Å². The average molecular weight is 310 g/mol. The monoisotopic (exact) mass is 310 g/mol. The van der Waals surface area contributed by atoms with Gasteiger partial charge in [0.25, 0.3) is 0 Å². The maximum Gasteiger partial charge on any atom is 0.223 e. The Balaban J connectivity index is 1.88. The third-order valence-corrected chi connectivity index (χ3v) is 4.39. The number of hydrogen-bond acceptors (Lipinski definition) is 5. The van der Waals surface area contributed by atoms with Gasteiger partial charge in [0.05, 0.1) is 6.61 Å². The minimum absolute atomic E-state index is 0.0975. The molecular formula is C15H26N4O3. The number of carbonyl (C=O) groups excluding carboxylic acids is 1. The first kappa shape index (κ1) is 16.9. The molecular weight excluding hydrogens is 284 g/mol. The summed E-state index contributed by atoms with van der Waals surface area (Å²) in [4.78, 5) is 18.5. The fourth-order valence-electron chi connectivity index (χ4n) is 3.03. The summed E-state index contributed by atoms with van der Waals surface area (Å²) < 4.78 is 5.14. The zero-order chi connectivity index (χ0) is 16.0. The second-order valence-electron chi connectivity index (χ2n) is 6.16. The quantitative estimate of drug-likeness (QED) is 0.773. The number of rotatable bonds is 7. The standard InChI is InChI=1S/C15H26N4O3/c1-12-16-13(18-17-12)4-5-14(21)19-8-3-6-15(10-19,11-20)7-9-22-2/h20H,3-11H2,1-2H3,(H,16,17,18). The van der Waals surface area contributed by atoms with Gasteiger partial charge in [0, 0.05) is 45.1 Å². The van der Waals surface area contributed by atoms with Gasteiger partial charge in [-0.3, -0.25) is 9.89 Å². The molecule has 1 saturated heterocycles. The highest BCUT2D eigenvalue weighted by molar-refractivity contribution is 5.76. The number of likely N-dealkylation sites (tertiary alicyclic amines) is 1. The molecule has 1 aromatic heterocycles. The summed E-state index contributed by atoms with van der Waals surface area (Å²) >= 11 is 0. The number of aromatic amines is 1. The van der Waals surface area contributed by atoms with Gasteiger partial charge in [0.2, 0.25) is 5.91 Å². The van der Waals surface area contributed by atoms with Crippen LogP contribution in [0, 0.1) is 12.3 Å². The van der Waals surface area contributed by atoms with Crippen molar-refractivity contribution in [1.82, 2.24) is 20.1 Å². The molecule has 1 aliphatic rings. The van der Waals surface area contributed by atoms with E-state index in [1.54, 1.807) is 7.11 Å². The first-order chi connectivity index (χ1) is 10.6. The molecule has 0 radical (unpaired) electrons. The van der Waals surface area contributed by atoms with Crippen LogP contribution in [0.15, 0.2) is 0 Å². The third-order valence-electron chi connectivity index (χ3n) is 4.39. The Labute approximate surface area is 131 Å². The number of ether oxygens (including phenoxy) is 1. The molecule has 1 fully saturated rings. The van der Waals surface area contributed by atoms with E-state index >= 15 is 0 Å². The van der Waals surface area contributed by atoms with E-state index in [1.165, 1.54) is 0 Å². The molecule has 0 aliphatic carbocycles. The average Bonchev–Trinajstić information content (AvgIpc) is 2.96. The molecule has 2 heterocycles. The van der Waals surface area contributed by atoms with Crippen LogP contribution < -0.4 is 0 Å². The molecule has 2 N–H and O–H groups in total. The van der Waals surface area contributed by atoms with Gasteiger partial charge in [-0.05, 0) is 26.2 Å². The second kappa shape index (κ2) is 7.69. The van der Waals surface area contributed by atoms with Crippen LogP contribution in [0.25, 0.3) is 0 Å². The number of amides is 1. The zero-order valence-corrected chi connectivity index (χ0v) is 13.5. The molecule has 7 heteroatoms. The van der Waals surface area contributed by atoms with Crippen LogP contribution in [-0.4, -0.2) is 64.5 Å². The van der Waals surface area contributed by atoms with Crippen LogP contribution in [-0.2, 0) is 16.0 Å². The number of nitrogens with zero attached hydrogens (tertiary/aromatic N) is 3. The molecule has 22 heavy (non-hydrogen) atoms. The van der Waals surface area contributed by atoms with Crippen molar-refractivity contribution in [3.05, 3.63) is 11.6 Å². The van der Waals surface area contributed by atoms with E-state index in [-0.39, 0.29) is 17.9 Å². The van der Waals surface area contributed by atoms with Crippen LogP contribution >= 0.6 is 0 Å². The van der Waals surface area contributed by atoms with E-state index in [0.717, 1.165) is 31.6 Å². The van der Waals surface area contributed by atoms with Gasteiger partial charge in [-0.2, -0.15) is 5.10 Å². The van der Waals surface area contributed by atoms with Crippen LogP contribution in [0.3, 0.4) is 0 Å². The fourth-order valence-corrected chi connectivity index (χ4v) is 3.03. The van der Waals surface area contributed by atoms with Gasteiger partial charge >= 0.3 is 0 Å². The number of H-pyrrole nitrogens is 1. The predicted octanol–water partition coefficient (Wildman–Crippen LogP) is 0.683. The summed E-state index contributed by atoms with van der Waals surface area (Å²) in [5.41, 5.74) is -0.217. The van der Waals surface area contributed by atoms with E-state index in [2.05, 4.69) is 15.2 Å². The molecule has 0 bridgehead atoms. The Morgan fingerprint density at radius 3 is 3.00 bits per heavy atom. The lowest BCUT2D eigenvalue weighted by Gasteiger charge is -2.42. The highest BCUT2D eigenvalue weighted by atomic mass is 16.5. The van der Waals surface area contributed by atoms with Crippen LogP contribution in [0.4, 0.5) is 0 Å². The van der Waals surface area contributed by atoms with E-state index in [9.17, 15) is 9.90 Å². The highest BCUT2D eigenvalue weighted by Gasteiger charge is 2.36. The van der Waals surface area contributed by atoms with E-state index < -0.39 is 0 Å². The largest absolute Gasteiger partial charge is 0.396 e. The highest BCUT2D eigenvalue weighted by Crippen LogP contribution is 2.33. The number of carbonyl (C=O) groups is 1. The van der Waals surface area contributed by atoms with Gasteiger partial charge < -0.3 is 14.7 Å². The molecule has 0 aromatic carbocycles. The Bertz CT molecular complexity index is 491. The SMILES string of the molecule is COCCC1(CO)CCCN(C(=O)CCc2n[nH]c(C)n2)C1. The molecule has 0 saturated carbocycles. The van der Waals surface area contributed by atoms with Crippen molar-refractivity contribution in [2.24, 2.45) is 5.41 Å². The molecule has 124 valence electrons. The van der Waals surface area contributed by atoms with Crippen LogP contribution in [0.5, 0.6) is 0 Å². The van der Waals surface area contributed by atoms with E-state index in [0.29, 0.717) is 31.8 Å². The number of aryl methyl sites for hydroxylation is 2. The van der Waals surface area contributed by atoms with Crippen molar-refractivity contribution in [1.29, 1.82) is 0 Å². The van der Waals surface area contributed by atoms with E-state index in [1.807, 2.05) is 11.8 Å². The Kier molecular flexibility index (Phi) is 5.90. The van der Waals surface area contributed by atoms with Crippen LogP contribution in [0.1, 0.15) is 37.3 Å². The number of hydrogen-bond donors (Lipinski definition) is 2. The van der Waals surface area contributed by atoms with Crippen molar-refractivity contribution in [3.8, 4) is 0 Å². The number of piperidine rings is 1. The summed E-state index contributed by atoms with van der Waals surface area (Å²) in [5, 5.41) is 16.6. The van der Waals surface area contributed by atoms with Crippen molar-refractivity contribution in [2.75, 3.05) is 33.4 Å². The first-order valence-electron chi connectivity index (χ1n) is 7.84. The molecule has 0 spiro atoms. The molecule has 1 aromatic rings. The maximum atomic E-state index is 12.4. The summed E-state index contributed by atoms with van der Waals surface area (Å²) in [5.74, 6) is 1.55. The summed E-state index contributed by atoms with van der Waals surface area (Å²) in [6, 6.07) is 0. The Hall–Kier alpha value is -1.47. The molecule has 2 rings (SSSR count). The number of aliphatic hydroxyl groups excluding tert-OH is 1. The predicted molar refractivity (Wildman–Crippen MR) is 81.3 cm³/mol. The normalized spacial score (nSPS) is 22.0. The van der Waals surface area contributed by atoms with Crippen molar-refractivity contribution in [2.45, 2.75) is 39.0 Å². The zero-order valence-electron chi connectivity index (χ0n) is 13.5.